The highest BCUT2D eigenvalue weighted by Gasteiger charge is 2.20. The van der Waals surface area contributed by atoms with Crippen LogP contribution in [0.2, 0.25) is 0 Å². The van der Waals surface area contributed by atoms with Crippen LogP contribution in [-0.2, 0) is 14.8 Å². The zero-order chi connectivity index (χ0) is 20.0. The third-order valence-corrected chi connectivity index (χ3v) is 5.36. The molecule has 1 N–H and O–H groups in total. The number of carbonyl (C=O) groups excluding carboxylic acids is 1. The SMILES string of the molecule is Cc1cc(C)cc(OCCNC(=O)CN(c2ccc(Br)cc2)S(C)(=O)=O)c1. The normalized spacial score (nSPS) is 11.1. The molecule has 2 rings (SSSR count). The Bertz CT molecular complexity index is 878. The van der Waals surface area contributed by atoms with Gasteiger partial charge in [-0.1, -0.05) is 22.0 Å². The Labute approximate surface area is 168 Å². The average Bonchev–Trinajstić information content (AvgIpc) is 2.56. The number of nitrogens with one attached hydrogen (secondary N) is 1. The molecule has 0 aliphatic carbocycles. The first-order valence-electron chi connectivity index (χ1n) is 8.36. The third-order valence-electron chi connectivity index (χ3n) is 3.69. The minimum atomic E-state index is -3.58. The van der Waals surface area contributed by atoms with E-state index in [1.54, 1.807) is 24.3 Å². The molecule has 0 aromatic heterocycles. The van der Waals surface area contributed by atoms with Gasteiger partial charge in [-0.05, 0) is 61.4 Å². The van der Waals surface area contributed by atoms with Crippen molar-refractivity contribution in [2.75, 3.05) is 30.3 Å². The number of sulfonamides is 1. The van der Waals surface area contributed by atoms with E-state index < -0.39 is 15.9 Å². The van der Waals surface area contributed by atoms with Crippen molar-refractivity contribution in [3.63, 3.8) is 0 Å². The van der Waals surface area contributed by atoms with E-state index in [1.165, 1.54) is 0 Å². The van der Waals surface area contributed by atoms with Crippen LogP contribution < -0.4 is 14.4 Å². The molecule has 8 heteroatoms. The fraction of sp³-hybridized carbons (Fsp3) is 0.316. The average molecular weight is 455 g/mol. The van der Waals surface area contributed by atoms with Gasteiger partial charge in [-0.25, -0.2) is 8.42 Å². The molecule has 0 saturated carbocycles. The summed E-state index contributed by atoms with van der Waals surface area (Å²) in [6.45, 7) is 4.27. The van der Waals surface area contributed by atoms with Crippen molar-refractivity contribution in [2.45, 2.75) is 13.8 Å². The second-order valence-electron chi connectivity index (χ2n) is 6.27. The molecule has 2 aromatic carbocycles. The van der Waals surface area contributed by atoms with Gasteiger partial charge in [-0.2, -0.15) is 0 Å². The van der Waals surface area contributed by atoms with Crippen molar-refractivity contribution in [1.29, 1.82) is 0 Å². The second kappa shape index (κ2) is 9.23. The summed E-state index contributed by atoms with van der Waals surface area (Å²) in [5.41, 5.74) is 2.64. The molecule has 6 nitrogen and oxygen atoms in total. The zero-order valence-electron chi connectivity index (χ0n) is 15.5. The number of ether oxygens (including phenoxy) is 1. The molecule has 0 saturated heterocycles. The molecule has 1 amide bonds. The fourth-order valence-corrected chi connectivity index (χ4v) is 3.69. The number of amides is 1. The Morgan fingerprint density at radius 2 is 1.70 bits per heavy atom. The summed E-state index contributed by atoms with van der Waals surface area (Å²) in [7, 11) is -3.58. The van der Waals surface area contributed by atoms with Crippen LogP contribution in [-0.4, -0.2) is 40.3 Å². The van der Waals surface area contributed by atoms with Crippen LogP contribution in [0, 0.1) is 13.8 Å². The van der Waals surface area contributed by atoms with Gasteiger partial charge >= 0.3 is 0 Å². The summed E-state index contributed by atoms with van der Waals surface area (Å²) < 4.78 is 31.6. The van der Waals surface area contributed by atoms with Crippen molar-refractivity contribution >= 4 is 37.5 Å². The van der Waals surface area contributed by atoms with E-state index in [0.717, 1.165) is 31.9 Å². The number of hydrogen-bond donors (Lipinski definition) is 1. The summed E-state index contributed by atoms with van der Waals surface area (Å²) in [4.78, 5) is 12.2. The number of rotatable bonds is 8. The summed E-state index contributed by atoms with van der Waals surface area (Å²) in [5, 5.41) is 2.69. The van der Waals surface area contributed by atoms with Gasteiger partial charge in [0.15, 0.2) is 0 Å². The molecule has 0 atom stereocenters. The van der Waals surface area contributed by atoms with E-state index in [2.05, 4.69) is 27.3 Å². The van der Waals surface area contributed by atoms with Gasteiger partial charge in [0.05, 0.1) is 18.5 Å². The highest BCUT2D eigenvalue weighted by atomic mass is 79.9. The Morgan fingerprint density at radius 1 is 1.11 bits per heavy atom. The topological polar surface area (TPSA) is 75.7 Å². The number of nitrogens with zero attached hydrogens (tertiary/aromatic N) is 1. The quantitative estimate of drug-likeness (QED) is 0.621. The van der Waals surface area contributed by atoms with Gasteiger partial charge in [0.1, 0.15) is 18.9 Å². The van der Waals surface area contributed by atoms with Gasteiger partial charge in [0.25, 0.3) is 0 Å². The van der Waals surface area contributed by atoms with Crippen LogP contribution in [0.1, 0.15) is 11.1 Å². The first-order chi connectivity index (χ1) is 12.6. The Kier molecular flexibility index (Phi) is 7.26. The first kappa shape index (κ1) is 21.2. The predicted octanol–water partition coefficient (Wildman–Crippen LogP) is 3.03. The number of hydrogen-bond acceptors (Lipinski definition) is 4. The smallest absolute Gasteiger partial charge is 0.240 e. The molecule has 0 fully saturated rings. The lowest BCUT2D eigenvalue weighted by atomic mass is 10.1. The van der Waals surface area contributed by atoms with Gasteiger partial charge in [-0.3, -0.25) is 9.10 Å². The van der Waals surface area contributed by atoms with E-state index in [9.17, 15) is 13.2 Å². The maximum absolute atomic E-state index is 12.2. The Hall–Kier alpha value is -2.06. The van der Waals surface area contributed by atoms with Crippen molar-refractivity contribution in [3.8, 4) is 5.75 Å². The molecule has 2 aromatic rings. The lowest BCUT2D eigenvalue weighted by molar-refractivity contribution is -0.119. The van der Waals surface area contributed by atoms with Crippen LogP contribution in [0.25, 0.3) is 0 Å². The van der Waals surface area contributed by atoms with Crippen LogP contribution >= 0.6 is 15.9 Å². The molecular weight excluding hydrogens is 432 g/mol. The van der Waals surface area contributed by atoms with Gasteiger partial charge < -0.3 is 10.1 Å². The highest BCUT2D eigenvalue weighted by molar-refractivity contribution is 9.10. The fourth-order valence-electron chi connectivity index (χ4n) is 2.57. The molecule has 0 bridgehead atoms. The standard InChI is InChI=1S/C19H23BrN2O4S/c1-14-10-15(2)12-18(11-14)26-9-8-21-19(23)13-22(27(3,24)25)17-6-4-16(20)5-7-17/h4-7,10-12H,8-9,13H2,1-3H3,(H,21,23). The number of halogens is 1. The molecule has 27 heavy (non-hydrogen) atoms. The molecule has 0 radical (unpaired) electrons. The number of anilines is 1. The predicted molar refractivity (Wildman–Crippen MR) is 111 cm³/mol. The van der Waals surface area contributed by atoms with Gasteiger partial charge in [-0.15, -0.1) is 0 Å². The Balaban J connectivity index is 1.89. The molecule has 0 unspecified atom stereocenters. The van der Waals surface area contributed by atoms with Crippen molar-refractivity contribution < 1.29 is 17.9 Å². The Morgan fingerprint density at radius 3 is 2.26 bits per heavy atom. The molecule has 146 valence electrons. The second-order valence-corrected chi connectivity index (χ2v) is 9.09. The minimum absolute atomic E-state index is 0.282. The van der Waals surface area contributed by atoms with E-state index in [0.29, 0.717) is 12.3 Å². The number of carbonyl (C=O) groups is 1. The third kappa shape index (κ3) is 6.88. The monoisotopic (exact) mass is 454 g/mol. The van der Waals surface area contributed by atoms with Crippen LogP contribution in [0.3, 0.4) is 0 Å². The summed E-state index contributed by atoms with van der Waals surface area (Å²) >= 11 is 3.30. The molecule has 0 heterocycles. The maximum atomic E-state index is 12.2. The summed E-state index contributed by atoms with van der Waals surface area (Å²) in [6.07, 6.45) is 1.07. The van der Waals surface area contributed by atoms with Gasteiger partial charge in [0, 0.05) is 4.47 Å². The molecular formula is C19H23BrN2O4S. The first-order valence-corrected chi connectivity index (χ1v) is 11.0. The van der Waals surface area contributed by atoms with Crippen molar-refractivity contribution in [2.24, 2.45) is 0 Å². The van der Waals surface area contributed by atoms with E-state index >= 15 is 0 Å². The molecule has 0 aliphatic rings. The largest absolute Gasteiger partial charge is 0.492 e. The molecule has 0 aliphatic heterocycles. The number of aryl methyl sites for hydroxylation is 2. The van der Waals surface area contributed by atoms with Crippen molar-refractivity contribution in [3.05, 3.63) is 58.1 Å². The van der Waals surface area contributed by atoms with E-state index in [4.69, 9.17) is 4.74 Å². The molecule has 0 spiro atoms. The summed E-state index contributed by atoms with van der Waals surface area (Å²) in [6, 6.07) is 12.6. The van der Waals surface area contributed by atoms with Crippen molar-refractivity contribution in [1.82, 2.24) is 5.32 Å². The van der Waals surface area contributed by atoms with E-state index in [-0.39, 0.29) is 13.1 Å². The minimum Gasteiger partial charge on any atom is -0.492 e. The van der Waals surface area contributed by atoms with Crippen LogP contribution in [0.5, 0.6) is 5.75 Å². The van der Waals surface area contributed by atoms with Crippen LogP contribution in [0.15, 0.2) is 46.9 Å². The highest BCUT2D eigenvalue weighted by Crippen LogP contribution is 2.20. The van der Waals surface area contributed by atoms with Crippen LogP contribution in [0.4, 0.5) is 5.69 Å². The maximum Gasteiger partial charge on any atom is 0.240 e. The summed E-state index contributed by atoms with van der Waals surface area (Å²) in [5.74, 6) is 0.349. The lowest BCUT2D eigenvalue weighted by Crippen LogP contribution is -2.41. The zero-order valence-corrected chi connectivity index (χ0v) is 17.9. The van der Waals surface area contributed by atoms with Gasteiger partial charge in [0.2, 0.25) is 15.9 Å². The van der Waals surface area contributed by atoms with E-state index in [1.807, 2.05) is 26.0 Å². The lowest BCUT2D eigenvalue weighted by Gasteiger charge is -2.22. The number of benzene rings is 2.